The molecule has 2 atom stereocenters. The molecule has 29 heavy (non-hydrogen) atoms. The third-order valence-corrected chi connectivity index (χ3v) is 6.71. The maximum atomic E-state index is 12.0. The van der Waals surface area contributed by atoms with Crippen molar-refractivity contribution in [1.29, 1.82) is 0 Å². The maximum absolute atomic E-state index is 12.0. The molecule has 1 fully saturated rings. The summed E-state index contributed by atoms with van der Waals surface area (Å²) >= 11 is 0. The van der Waals surface area contributed by atoms with Gasteiger partial charge in [-0.25, -0.2) is 22.3 Å². The summed E-state index contributed by atoms with van der Waals surface area (Å²) in [7, 11) is -0.794. The molecule has 1 saturated carbocycles. The van der Waals surface area contributed by atoms with Crippen LogP contribution in [0.25, 0.3) is 0 Å². The summed E-state index contributed by atoms with van der Waals surface area (Å²) in [5.41, 5.74) is 0.0935. The molecular weight excluding hydrogens is 398 g/mol. The van der Waals surface area contributed by atoms with E-state index in [4.69, 9.17) is 4.74 Å². The SMILES string of the molecule is C[C@H]1CCCC[C@H]1NC(=O)NC(=O)COC(=O)c1ccc(S(=O)(=O)N(C)C)cc1. The van der Waals surface area contributed by atoms with Crippen molar-refractivity contribution in [2.24, 2.45) is 5.92 Å². The number of amides is 3. The number of carbonyl (C=O) groups is 3. The van der Waals surface area contributed by atoms with E-state index < -0.39 is 34.5 Å². The second kappa shape index (κ2) is 9.84. The zero-order valence-electron chi connectivity index (χ0n) is 16.8. The summed E-state index contributed by atoms with van der Waals surface area (Å²) in [6.07, 6.45) is 4.08. The van der Waals surface area contributed by atoms with Crippen LogP contribution in [-0.4, -0.2) is 57.4 Å². The van der Waals surface area contributed by atoms with Crippen molar-refractivity contribution in [2.75, 3.05) is 20.7 Å². The Bertz CT molecular complexity index is 851. The predicted molar refractivity (Wildman–Crippen MR) is 106 cm³/mol. The highest BCUT2D eigenvalue weighted by molar-refractivity contribution is 7.89. The lowest BCUT2D eigenvalue weighted by atomic mass is 9.86. The molecule has 3 amide bonds. The van der Waals surface area contributed by atoms with Gasteiger partial charge < -0.3 is 10.1 Å². The van der Waals surface area contributed by atoms with E-state index in [-0.39, 0.29) is 16.5 Å². The fourth-order valence-corrected chi connectivity index (χ4v) is 3.99. The average Bonchev–Trinajstić information content (AvgIpc) is 2.67. The van der Waals surface area contributed by atoms with Gasteiger partial charge in [0.05, 0.1) is 10.5 Å². The number of carbonyl (C=O) groups excluding carboxylic acids is 3. The summed E-state index contributed by atoms with van der Waals surface area (Å²) in [6.45, 7) is 1.44. The topological polar surface area (TPSA) is 122 Å². The molecule has 0 spiro atoms. The van der Waals surface area contributed by atoms with Crippen LogP contribution < -0.4 is 10.6 Å². The molecule has 0 heterocycles. The van der Waals surface area contributed by atoms with Crippen LogP contribution in [0, 0.1) is 5.92 Å². The van der Waals surface area contributed by atoms with E-state index in [1.54, 1.807) is 0 Å². The van der Waals surface area contributed by atoms with Crippen LogP contribution in [-0.2, 0) is 19.6 Å². The molecule has 1 aliphatic rings. The largest absolute Gasteiger partial charge is 0.452 e. The minimum Gasteiger partial charge on any atom is -0.452 e. The lowest BCUT2D eigenvalue weighted by Gasteiger charge is -2.29. The number of hydrogen-bond donors (Lipinski definition) is 2. The normalized spacial score (nSPS) is 19.4. The van der Waals surface area contributed by atoms with Crippen LogP contribution in [0.5, 0.6) is 0 Å². The van der Waals surface area contributed by atoms with Crippen molar-refractivity contribution in [2.45, 2.75) is 43.5 Å². The van der Waals surface area contributed by atoms with Crippen LogP contribution in [0.3, 0.4) is 0 Å². The summed E-state index contributed by atoms with van der Waals surface area (Å²) in [5, 5.41) is 4.92. The van der Waals surface area contributed by atoms with E-state index in [9.17, 15) is 22.8 Å². The van der Waals surface area contributed by atoms with Crippen molar-refractivity contribution in [1.82, 2.24) is 14.9 Å². The van der Waals surface area contributed by atoms with Gasteiger partial charge in [-0.2, -0.15) is 0 Å². The number of nitrogens with one attached hydrogen (secondary N) is 2. The zero-order valence-corrected chi connectivity index (χ0v) is 17.6. The number of benzene rings is 1. The fourth-order valence-electron chi connectivity index (χ4n) is 3.09. The van der Waals surface area contributed by atoms with Crippen molar-refractivity contribution in [3.05, 3.63) is 29.8 Å². The quantitative estimate of drug-likeness (QED) is 0.666. The first-order chi connectivity index (χ1) is 13.6. The minimum atomic E-state index is -3.60. The van der Waals surface area contributed by atoms with Crippen molar-refractivity contribution >= 4 is 27.9 Å². The van der Waals surface area contributed by atoms with Gasteiger partial charge in [0.2, 0.25) is 10.0 Å². The van der Waals surface area contributed by atoms with Crippen LogP contribution in [0.1, 0.15) is 43.0 Å². The number of rotatable bonds is 6. The molecule has 1 aliphatic carbocycles. The smallest absolute Gasteiger partial charge is 0.338 e. The van der Waals surface area contributed by atoms with Gasteiger partial charge in [-0.05, 0) is 43.0 Å². The third kappa shape index (κ3) is 6.26. The highest BCUT2D eigenvalue weighted by Crippen LogP contribution is 2.23. The zero-order chi connectivity index (χ0) is 21.6. The molecular formula is C19H27N3O6S. The van der Waals surface area contributed by atoms with Gasteiger partial charge in [0.25, 0.3) is 5.91 Å². The Kier molecular flexibility index (Phi) is 7.74. The van der Waals surface area contributed by atoms with E-state index >= 15 is 0 Å². The van der Waals surface area contributed by atoms with E-state index in [2.05, 4.69) is 17.6 Å². The summed E-state index contributed by atoms with van der Waals surface area (Å²) in [6, 6.07) is 4.58. The molecule has 0 bridgehead atoms. The lowest BCUT2D eigenvalue weighted by Crippen LogP contribution is -2.48. The minimum absolute atomic E-state index is 0.0241. The molecule has 0 aliphatic heterocycles. The van der Waals surface area contributed by atoms with Gasteiger partial charge in [0.1, 0.15) is 0 Å². The Labute approximate surface area is 170 Å². The standard InChI is InChI=1S/C19H27N3O6S/c1-13-6-4-5-7-16(13)20-19(25)21-17(23)12-28-18(24)14-8-10-15(11-9-14)29(26,27)22(2)3/h8-11,13,16H,4-7,12H2,1-3H3,(H2,20,21,23,25)/t13-,16+/m0/s1. The predicted octanol–water partition coefficient (Wildman–Crippen LogP) is 1.50. The van der Waals surface area contributed by atoms with Crippen LogP contribution in [0.4, 0.5) is 4.79 Å². The monoisotopic (exact) mass is 425 g/mol. The molecule has 0 radical (unpaired) electrons. The lowest BCUT2D eigenvalue weighted by molar-refractivity contribution is -0.123. The maximum Gasteiger partial charge on any atom is 0.338 e. The number of hydrogen-bond acceptors (Lipinski definition) is 6. The van der Waals surface area contributed by atoms with Gasteiger partial charge >= 0.3 is 12.0 Å². The average molecular weight is 426 g/mol. The van der Waals surface area contributed by atoms with Gasteiger partial charge in [0.15, 0.2) is 6.61 Å². The molecule has 1 aromatic rings. The summed E-state index contributed by atoms with van der Waals surface area (Å²) < 4.78 is 30.0. The third-order valence-electron chi connectivity index (χ3n) is 4.88. The van der Waals surface area contributed by atoms with Crippen molar-refractivity contribution < 1.29 is 27.5 Å². The van der Waals surface area contributed by atoms with Gasteiger partial charge in [-0.1, -0.05) is 19.8 Å². The van der Waals surface area contributed by atoms with E-state index in [1.807, 2.05) is 0 Å². The van der Waals surface area contributed by atoms with Crippen LogP contribution >= 0.6 is 0 Å². The first kappa shape index (κ1) is 22.8. The van der Waals surface area contributed by atoms with E-state index in [1.165, 1.54) is 38.4 Å². The molecule has 2 rings (SSSR count). The highest BCUT2D eigenvalue weighted by atomic mass is 32.2. The van der Waals surface area contributed by atoms with E-state index in [0.717, 1.165) is 30.0 Å². The van der Waals surface area contributed by atoms with Crippen molar-refractivity contribution in [3.63, 3.8) is 0 Å². The molecule has 0 unspecified atom stereocenters. The Balaban J connectivity index is 1.82. The first-order valence-electron chi connectivity index (χ1n) is 9.41. The van der Waals surface area contributed by atoms with Gasteiger partial charge in [0, 0.05) is 20.1 Å². The van der Waals surface area contributed by atoms with Gasteiger partial charge in [-0.15, -0.1) is 0 Å². The van der Waals surface area contributed by atoms with Crippen LogP contribution in [0.2, 0.25) is 0 Å². The molecule has 0 saturated heterocycles. The Morgan fingerprint density at radius 3 is 2.31 bits per heavy atom. The number of nitrogens with zero attached hydrogens (tertiary/aromatic N) is 1. The molecule has 2 N–H and O–H groups in total. The number of esters is 1. The molecule has 9 nitrogen and oxygen atoms in total. The second-order valence-electron chi connectivity index (χ2n) is 7.28. The fraction of sp³-hybridized carbons (Fsp3) is 0.526. The highest BCUT2D eigenvalue weighted by Gasteiger charge is 2.23. The Morgan fingerprint density at radius 2 is 1.72 bits per heavy atom. The molecule has 10 heteroatoms. The molecule has 1 aromatic carbocycles. The second-order valence-corrected chi connectivity index (χ2v) is 9.43. The Hall–Kier alpha value is -2.46. The van der Waals surface area contributed by atoms with E-state index in [0.29, 0.717) is 5.92 Å². The first-order valence-corrected chi connectivity index (χ1v) is 10.9. The Morgan fingerprint density at radius 1 is 1.10 bits per heavy atom. The number of imide groups is 1. The summed E-state index contributed by atoms with van der Waals surface area (Å²) in [5.74, 6) is -1.19. The van der Waals surface area contributed by atoms with Gasteiger partial charge in [-0.3, -0.25) is 10.1 Å². The number of urea groups is 1. The molecule has 0 aromatic heterocycles. The van der Waals surface area contributed by atoms with Crippen molar-refractivity contribution in [3.8, 4) is 0 Å². The summed E-state index contributed by atoms with van der Waals surface area (Å²) in [4.78, 5) is 35.8. The number of ether oxygens (including phenoxy) is 1. The molecule has 160 valence electrons. The van der Waals surface area contributed by atoms with Crippen LogP contribution in [0.15, 0.2) is 29.2 Å². The number of sulfonamides is 1.